The number of nitrogens with zero attached hydrogens (tertiary/aromatic N) is 1. The predicted molar refractivity (Wildman–Crippen MR) is 77.8 cm³/mol. The Balaban J connectivity index is 2.01. The first kappa shape index (κ1) is 16.9. The Bertz CT molecular complexity index is 472. The number of carbonyl (C=O) groups is 1. The van der Waals surface area contributed by atoms with Crippen molar-refractivity contribution >= 4 is 5.97 Å². The topological polar surface area (TPSA) is 88.8 Å². The number of hydrogen-bond acceptors (Lipinski definition) is 6. The highest BCUT2D eigenvalue weighted by Crippen LogP contribution is 2.42. The molecular weight excluding hydrogens is 286 g/mol. The van der Waals surface area contributed by atoms with Gasteiger partial charge in [0.15, 0.2) is 0 Å². The van der Waals surface area contributed by atoms with E-state index in [1.54, 1.807) is 6.08 Å². The average Bonchev–Trinajstić information content (AvgIpc) is 2.90. The number of aliphatic hydroxyl groups excluding tert-OH is 1. The lowest BCUT2D eigenvalue weighted by Gasteiger charge is -2.41. The Labute approximate surface area is 130 Å². The number of rotatable bonds is 5. The van der Waals surface area contributed by atoms with Crippen molar-refractivity contribution in [3.63, 3.8) is 0 Å². The largest absolute Gasteiger partial charge is 0.466 e. The van der Waals surface area contributed by atoms with Crippen LogP contribution in [0.25, 0.3) is 0 Å². The van der Waals surface area contributed by atoms with Crippen LogP contribution in [-0.2, 0) is 19.0 Å². The highest BCUT2D eigenvalue weighted by molar-refractivity contribution is 5.81. The van der Waals surface area contributed by atoms with Crippen molar-refractivity contribution in [3.8, 4) is 6.07 Å². The Morgan fingerprint density at radius 2 is 2.36 bits per heavy atom. The summed E-state index contributed by atoms with van der Waals surface area (Å²) in [7, 11) is 1.32. The van der Waals surface area contributed by atoms with Crippen LogP contribution < -0.4 is 0 Å². The standard InChI is InChI=1S/C16H23NO5/c1-11(9-17)7-12-3-5-14-16(10-18,22-12)8-13(21-14)4-6-15(19)20-2/h4,6,11-14,18H,3,5,7-8,10H2,1-2H3/b6-4+/t11-,12?,13?,14+,16?/m1/s1. The van der Waals surface area contributed by atoms with Gasteiger partial charge in [-0.1, -0.05) is 0 Å². The third-order valence-corrected chi connectivity index (χ3v) is 4.38. The Hall–Kier alpha value is -1.42. The maximum atomic E-state index is 11.2. The number of nitriles is 1. The average molecular weight is 309 g/mol. The van der Waals surface area contributed by atoms with E-state index in [1.165, 1.54) is 13.2 Å². The second kappa shape index (κ2) is 7.23. The van der Waals surface area contributed by atoms with E-state index in [0.29, 0.717) is 12.8 Å². The molecule has 3 unspecified atom stereocenters. The van der Waals surface area contributed by atoms with Gasteiger partial charge in [-0.2, -0.15) is 5.26 Å². The van der Waals surface area contributed by atoms with Gasteiger partial charge in [0.25, 0.3) is 0 Å². The van der Waals surface area contributed by atoms with Gasteiger partial charge in [0.05, 0.1) is 38.1 Å². The zero-order chi connectivity index (χ0) is 16.2. The normalized spacial score (nSPS) is 35.8. The first-order valence-corrected chi connectivity index (χ1v) is 7.63. The molecule has 1 N–H and O–H groups in total. The van der Waals surface area contributed by atoms with Gasteiger partial charge in [-0.15, -0.1) is 0 Å². The number of ether oxygens (including phenoxy) is 3. The molecule has 2 heterocycles. The van der Waals surface area contributed by atoms with Crippen LogP contribution >= 0.6 is 0 Å². The third kappa shape index (κ3) is 3.67. The second-order valence-electron chi connectivity index (χ2n) is 6.06. The number of methoxy groups -OCH3 is 1. The summed E-state index contributed by atoms with van der Waals surface area (Å²) >= 11 is 0. The first-order valence-electron chi connectivity index (χ1n) is 7.63. The molecule has 0 amide bonds. The summed E-state index contributed by atoms with van der Waals surface area (Å²) in [4.78, 5) is 11.2. The smallest absolute Gasteiger partial charge is 0.330 e. The van der Waals surface area contributed by atoms with E-state index < -0.39 is 11.6 Å². The van der Waals surface area contributed by atoms with Crippen LogP contribution in [0.3, 0.4) is 0 Å². The molecule has 2 rings (SSSR count). The summed E-state index contributed by atoms with van der Waals surface area (Å²) in [5.74, 6) is -0.507. The van der Waals surface area contributed by atoms with E-state index in [2.05, 4.69) is 10.8 Å². The number of carbonyl (C=O) groups excluding carboxylic acids is 1. The molecule has 2 aliphatic heterocycles. The van der Waals surface area contributed by atoms with Crippen molar-refractivity contribution < 1.29 is 24.1 Å². The lowest BCUT2D eigenvalue weighted by Crippen LogP contribution is -2.51. The van der Waals surface area contributed by atoms with Gasteiger partial charge in [-0.05, 0) is 32.3 Å². The van der Waals surface area contributed by atoms with Crippen LogP contribution in [0.15, 0.2) is 12.2 Å². The molecule has 6 heteroatoms. The van der Waals surface area contributed by atoms with Gasteiger partial charge < -0.3 is 19.3 Å². The Morgan fingerprint density at radius 3 is 3.00 bits per heavy atom. The van der Waals surface area contributed by atoms with Crippen molar-refractivity contribution in [2.24, 2.45) is 5.92 Å². The van der Waals surface area contributed by atoms with Crippen molar-refractivity contribution in [1.82, 2.24) is 0 Å². The van der Waals surface area contributed by atoms with Crippen molar-refractivity contribution in [3.05, 3.63) is 12.2 Å². The highest BCUT2D eigenvalue weighted by atomic mass is 16.6. The van der Waals surface area contributed by atoms with E-state index in [4.69, 9.17) is 14.7 Å². The van der Waals surface area contributed by atoms with Crippen LogP contribution in [-0.4, -0.2) is 48.7 Å². The molecule has 2 fully saturated rings. The molecule has 0 aromatic carbocycles. The fourth-order valence-electron chi connectivity index (χ4n) is 3.22. The fourth-order valence-corrected chi connectivity index (χ4v) is 3.22. The minimum atomic E-state index is -0.733. The summed E-state index contributed by atoms with van der Waals surface area (Å²) in [6, 6.07) is 2.21. The zero-order valence-electron chi connectivity index (χ0n) is 13.0. The molecule has 0 radical (unpaired) electrons. The van der Waals surface area contributed by atoms with Crippen LogP contribution in [0.1, 0.15) is 32.6 Å². The van der Waals surface area contributed by atoms with Crippen LogP contribution in [0.2, 0.25) is 0 Å². The lowest BCUT2D eigenvalue weighted by molar-refractivity contribution is -0.184. The van der Waals surface area contributed by atoms with E-state index in [9.17, 15) is 9.90 Å². The predicted octanol–water partition coefficient (Wildman–Crippen LogP) is 1.33. The number of fused-ring (bicyclic) bond motifs is 1. The number of esters is 1. The van der Waals surface area contributed by atoms with E-state index in [1.807, 2.05) is 6.92 Å². The van der Waals surface area contributed by atoms with E-state index in [-0.39, 0.29) is 30.8 Å². The second-order valence-corrected chi connectivity index (χ2v) is 6.06. The van der Waals surface area contributed by atoms with Crippen LogP contribution in [0, 0.1) is 17.2 Å². The summed E-state index contributed by atoms with van der Waals surface area (Å²) < 4.78 is 16.6. The molecule has 0 aromatic rings. The Morgan fingerprint density at radius 1 is 1.59 bits per heavy atom. The molecule has 5 atom stereocenters. The number of aliphatic hydroxyl groups is 1. The molecule has 6 nitrogen and oxygen atoms in total. The lowest BCUT2D eigenvalue weighted by atomic mass is 9.85. The summed E-state index contributed by atoms with van der Waals surface area (Å²) in [6.45, 7) is 1.74. The molecule has 2 saturated heterocycles. The molecule has 0 spiro atoms. The van der Waals surface area contributed by atoms with Gasteiger partial charge in [-0.25, -0.2) is 4.79 Å². The molecule has 2 aliphatic rings. The van der Waals surface area contributed by atoms with Gasteiger partial charge in [0.2, 0.25) is 0 Å². The first-order chi connectivity index (χ1) is 10.5. The third-order valence-electron chi connectivity index (χ3n) is 4.38. The molecule has 0 aliphatic carbocycles. The van der Waals surface area contributed by atoms with Gasteiger partial charge in [0, 0.05) is 18.4 Å². The van der Waals surface area contributed by atoms with Crippen LogP contribution in [0.4, 0.5) is 0 Å². The van der Waals surface area contributed by atoms with E-state index >= 15 is 0 Å². The maximum absolute atomic E-state index is 11.2. The van der Waals surface area contributed by atoms with E-state index in [0.717, 1.165) is 12.8 Å². The minimum absolute atomic E-state index is 0.0370. The molecular formula is C16H23NO5. The molecule has 122 valence electrons. The van der Waals surface area contributed by atoms with Crippen molar-refractivity contribution in [2.75, 3.05) is 13.7 Å². The SMILES string of the molecule is COC(=O)/C=C/C1CC2(CO)OC(C[C@@H](C)C#N)CC[C@@H]2O1. The monoisotopic (exact) mass is 309 g/mol. The van der Waals surface area contributed by atoms with Crippen LogP contribution in [0.5, 0.6) is 0 Å². The van der Waals surface area contributed by atoms with Crippen molar-refractivity contribution in [2.45, 2.75) is 56.5 Å². The maximum Gasteiger partial charge on any atom is 0.330 e. The molecule has 22 heavy (non-hydrogen) atoms. The number of hydrogen-bond donors (Lipinski definition) is 1. The minimum Gasteiger partial charge on any atom is -0.466 e. The summed E-state index contributed by atoms with van der Waals surface area (Å²) in [6.07, 6.45) is 5.25. The summed E-state index contributed by atoms with van der Waals surface area (Å²) in [5, 5.41) is 18.7. The van der Waals surface area contributed by atoms with Gasteiger partial charge in [0.1, 0.15) is 5.60 Å². The van der Waals surface area contributed by atoms with Gasteiger partial charge in [-0.3, -0.25) is 0 Å². The molecule has 0 bridgehead atoms. The van der Waals surface area contributed by atoms with Gasteiger partial charge >= 0.3 is 5.97 Å². The zero-order valence-corrected chi connectivity index (χ0v) is 13.0. The van der Waals surface area contributed by atoms with Crippen molar-refractivity contribution in [1.29, 1.82) is 5.26 Å². The fraction of sp³-hybridized carbons (Fsp3) is 0.750. The highest BCUT2D eigenvalue weighted by Gasteiger charge is 2.52. The Kier molecular flexibility index (Phi) is 5.57. The quantitative estimate of drug-likeness (QED) is 0.609. The summed E-state index contributed by atoms with van der Waals surface area (Å²) in [5.41, 5.74) is -0.733. The molecule has 0 aromatic heterocycles. The molecule has 0 saturated carbocycles.